The first-order valence-corrected chi connectivity index (χ1v) is 10.8. The second-order valence-corrected chi connectivity index (χ2v) is 8.02. The second-order valence-electron chi connectivity index (χ2n) is 8.02. The number of hydrogen-bond donors (Lipinski definition) is 2. The van der Waals surface area contributed by atoms with Crippen LogP contribution in [-0.4, -0.2) is 34.6 Å². The van der Waals surface area contributed by atoms with E-state index in [1.54, 1.807) is 31.2 Å². The summed E-state index contributed by atoms with van der Waals surface area (Å²) in [5, 5.41) is 12.0. The predicted molar refractivity (Wildman–Crippen MR) is 121 cm³/mol. The summed E-state index contributed by atoms with van der Waals surface area (Å²) in [5.74, 6) is -1.57. The number of carbonyl (C=O) groups is 4. The molecule has 0 heterocycles. The topological polar surface area (TPSA) is 101 Å². The Hall–Kier alpha value is -3.54. The first kappa shape index (κ1) is 23.1. The molecule has 0 bridgehead atoms. The normalized spacial score (nSPS) is 14.2. The van der Waals surface area contributed by atoms with Gasteiger partial charge in [-0.3, -0.25) is 14.4 Å². The van der Waals surface area contributed by atoms with E-state index in [-0.39, 0.29) is 30.3 Å². The zero-order valence-electron chi connectivity index (χ0n) is 18.1. The van der Waals surface area contributed by atoms with Gasteiger partial charge in [0.1, 0.15) is 6.04 Å². The molecular formula is C26H27NO5. The summed E-state index contributed by atoms with van der Waals surface area (Å²) in [7, 11) is 0. The molecule has 2 aromatic rings. The van der Waals surface area contributed by atoms with Crippen LogP contribution in [-0.2, 0) is 16.0 Å². The van der Waals surface area contributed by atoms with E-state index >= 15 is 0 Å². The number of carboxylic acid groups (broad SMARTS) is 1. The summed E-state index contributed by atoms with van der Waals surface area (Å²) >= 11 is 0. The van der Waals surface area contributed by atoms with Gasteiger partial charge in [0.2, 0.25) is 5.91 Å². The quantitative estimate of drug-likeness (QED) is 0.549. The third-order valence-corrected chi connectivity index (χ3v) is 5.73. The van der Waals surface area contributed by atoms with Crippen molar-refractivity contribution in [3.05, 3.63) is 82.4 Å². The van der Waals surface area contributed by atoms with Crippen LogP contribution in [0.3, 0.4) is 0 Å². The number of aliphatic carboxylic acids is 1. The molecule has 0 radical (unpaired) electrons. The smallest absolute Gasteiger partial charge is 0.326 e. The standard InChI is InChI=1S/C26H27NO5/c1-17-19(25(30)21-14-9-8-13-20(21)24(17)29)12-6-3-7-15-23(28)27-22(26(31)32)16-18-10-4-2-5-11-18/h2,4-5,8-11,13-14,22H,3,6-7,12,15-16H2,1H3,(H,27,28)(H,31,32)/t22-/m0/s1. The van der Waals surface area contributed by atoms with Crippen LogP contribution >= 0.6 is 0 Å². The summed E-state index contributed by atoms with van der Waals surface area (Å²) in [6, 6.07) is 15.1. The zero-order chi connectivity index (χ0) is 23.1. The van der Waals surface area contributed by atoms with E-state index in [1.165, 1.54) is 0 Å². The van der Waals surface area contributed by atoms with Gasteiger partial charge in [-0.15, -0.1) is 0 Å². The largest absolute Gasteiger partial charge is 0.480 e. The first-order chi connectivity index (χ1) is 15.4. The highest BCUT2D eigenvalue weighted by Crippen LogP contribution is 2.29. The second kappa shape index (κ2) is 10.7. The minimum Gasteiger partial charge on any atom is -0.480 e. The van der Waals surface area contributed by atoms with Crippen LogP contribution in [0.1, 0.15) is 65.3 Å². The van der Waals surface area contributed by atoms with Crippen molar-refractivity contribution < 1.29 is 24.3 Å². The van der Waals surface area contributed by atoms with Crippen LogP contribution in [0.25, 0.3) is 0 Å². The van der Waals surface area contributed by atoms with Gasteiger partial charge in [-0.25, -0.2) is 4.79 Å². The van der Waals surface area contributed by atoms with Gasteiger partial charge in [-0.2, -0.15) is 0 Å². The van der Waals surface area contributed by atoms with Crippen molar-refractivity contribution in [3.63, 3.8) is 0 Å². The number of Topliss-reactive ketones (excluding diaryl/α,β-unsaturated/α-hetero) is 2. The summed E-state index contributed by atoms with van der Waals surface area (Å²) in [6.07, 6.45) is 2.88. The average molecular weight is 434 g/mol. The van der Waals surface area contributed by atoms with Gasteiger partial charge < -0.3 is 10.4 Å². The van der Waals surface area contributed by atoms with E-state index < -0.39 is 12.0 Å². The van der Waals surface area contributed by atoms with E-state index in [9.17, 15) is 24.3 Å². The summed E-state index contributed by atoms with van der Waals surface area (Å²) < 4.78 is 0. The molecule has 1 aliphatic rings. The molecule has 6 nitrogen and oxygen atoms in total. The highest BCUT2D eigenvalue weighted by molar-refractivity contribution is 6.26. The van der Waals surface area contributed by atoms with Gasteiger partial charge in [0.25, 0.3) is 0 Å². The fourth-order valence-electron chi connectivity index (χ4n) is 3.93. The van der Waals surface area contributed by atoms with Gasteiger partial charge in [0.05, 0.1) is 0 Å². The van der Waals surface area contributed by atoms with Gasteiger partial charge in [0, 0.05) is 35.1 Å². The van der Waals surface area contributed by atoms with Crippen molar-refractivity contribution in [2.24, 2.45) is 0 Å². The van der Waals surface area contributed by atoms with Crippen LogP contribution in [0.2, 0.25) is 0 Å². The third-order valence-electron chi connectivity index (χ3n) is 5.73. The number of ketones is 2. The van der Waals surface area contributed by atoms with Crippen LogP contribution < -0.4 is 5.32 Å². The Morgan fingerprint density at radius 1 is 0.875 bits per heavy atom. The summed E-state index contributed by atoms with van der Waals surface area (Å²) in [4.78, 5) is 49.0. The van der Waals surface area contributed by atoms with Gasteiger partial charge in [-0.1, -0.05) is 61.0 Å². The number of nitrogens with one attached hydrogen (secondary N) is 1. The Balaban J connectivity index is 1.45. The molecule has 6 heteroatoms. The van der Waals surface area contributed by atoms with Crippen molar-refractivity contribution in [2.45, 2.75) is 51.5 Å². The lowest BCUT2D eigenvalue weighted by Crippen LogP contribution is -2.42. The van der Waals surface area contributed by atoms with Crippen LogP contribution in [0, 0.1) is 0 Å². The van der Waals surface area contributed by atoms with Gasteiger partial charge in [-0.05, 0) is 31.7 Å². The average Bonchev–Trinajstić information content (AvgIpc) is 2.79. The molecular weight excluding hydrogens is 406 g/mol. The predicted octanol–water partition coefficient (Wildman–Crippen LogP) is 4.14. The Morgan fingerprint density at radius 2 is 1.50 bits per heavy atom. The molecule has 0 saturated carbocycles. The first-order valence-electron chi connectivity index (χ1n) is 10.8. The van der Waals surface area contributed by atoms with Crippen LogP contribution in [0.5, 0.6) is 0 Å². The fourth-order valence-corrected chi connectivity index (χ4v) is 3.93. The van der Waals surface area contributed by atoms with Crippen molar-refractivity contribution in [1.29, 1.82) is 0 Å². The molecule has 1 atom stereocenters. The molecule has 166 valence electrons. The maximum Gasteiger partial charge on any atom is 0.326 e. The number of rotatable bonds is 10. The number of amides is 1. The number of carboxylic acids is 1. The number of unbranched alkanes of at least 4 members (excludes halogenated alkanes) is 2. The molecule has 1 aliphatic carbocycles. The van der Waals surface area contributed by atoms with E-state index in [0.717, 1.165) is 5.56 Å². The molecule has 0 aromatic heterocycles. The molecule has 1 amide bonds. The lowest BCUT2D eigenvalue weighted by molar-refractivity contribution is -0.141. The van der Waals surface area contributed by atoms with E-state index in [1.807, 2.05) is 30.3 Å². The van der Waals surface area contributed by atoms with E-state index in [0.29, 0.717) is 48.0 Å². The Morgan fingerprint density at radius 3 is 2.16 bits per heavy atom. The number of fused-ring (bicyclic) bond motifs is 1. The van der Waals surface area contributed by atoms with E-state index in [2.05, 4.69) is 5.32 Å². The molecule has 32 heavy (non-hydrogen) atoms. The molecule has 0 fully saturated rings. The van der Waals surface area contributed by atoms with Crippen LogP contribution in [0.4, 0.5) is 0 Å². The monoisotopic (exact) mass is 433 g/mol. The zero-order valence-corrected chi connectivity index (χ0v) is 18.1. The van der Waals surface area contributed by atoms with Gasteiger partial charge in [0.15, 0.2) is 11.6 Å². The van der Waals surface area contributed by atoms with Crippen molar-refractivity contribution >= 4 is 23.4 Å². The van der Waals surface area contributed by atoms with E-state index in [4.69, 9.17) is 0 Å². The molecule has 0 aliphatic heterocycles. The van der Waals surface area contributed by atoms with Crippen molar-refractivity contribution in [2.75, 3.05) is 0 Å². The minimum absolute atomic E-state index is 0.0966. The van der Waals surface area contributed by atoms with Gasteiger partial charge >= 0.3 is 5.97 Å². The molecule has 0 unspecified atom stereocenters. The van der Waals surface area contributed by atoms with Crippen molar-refractivity contribution in [3.8, 4) is 0 Å². The number of carbonyl (C=O) groups excluding carboxylic acids is 3. The molecule has 0 spiro atoms. The number of allylic oxidation sites excluding steroid dienone is 2. The lowest BCUT2D eigenvalue weighted by Gasteiger charge is -2.19. The van der Waals surface area contributed by atoms with Crippen LogP contribution in [0.15, 0.2) is 65.7 Å². The maximum atomic E-state index is 12.7. The maximum absolute atomic E-state index is 12.7. The SMILES string of the molecule is CC1=C(CCCCCC(=O)N[C@@H](Cc2ccccc2)C(=O)O)C(=O)c2ccccc2C1=O. The highest BCUT2D eigenvalue weighted by atomic mass is 16.4. The molecule has 3 rings (SSSR count). The Labute approximate surface area is 187 Å². The minimum atomic E-state index is -1.06. The third kappa shape index (κ3) is 5.58. The Kier molecular flexibility index (Phi) is 7.71. The lowest BCUT2D eigenvalue weighted by atomic mass is 9.82. The fraction of sp³-hybridized carbons (Fsp3) is 0.308. The summed E-state index contributed by atoms with van der Waals surface area (Å²) in [5.41, 5.74) is 2.80. The highest BCUT2D eigenvalue weighted by Gasteiger charge is 2.28. The molecule has 0 saturated heterocycles. The van der Waals surface area contributed by atoms with Crippen molar-refractivity contribution in [1.82, 2.24) is 5.32 Å². The Bertz CT molecular complexity index is 1050. The molecule has 2 aromatic carbocycles. The summed E-state index contributed by atoms with van der Waals surface area (Å²) in [6.45, 7) is 1.69. The number of benzene rings is 2. The molecule has 2 N–H and O–H groups in total. The number of hydrogen-bond acceptors (Lipinski definition) is 4.